The van der Waals surface area contributed by atoms with Crippen LogP contribution in [0.3, 0.4) is 0 Å². The molecule has 0 radical (unpaired) electrons. The Hall–Kier alpha value is -1.54. The number of nitrogens with zero attached hydrogens (tertiary/aromatic N) is 2. The van der Waals surface area contributed by atoms with Crippen molar-refractivity contribution >= 4 is 5.69 Å². The maximum absolute atomic E-state index is 2.36. The van der Waals surface area contributed by atoms with E-state index in [4.69, 9.17) is 0 Å². The molecule has 1 aromatic rings. The third kappa shape index (κ3) is 3.73. The zero-order valence-corrected chi connectivity index (χ0v) is 12.8. The van der Waals surface area contributed by atoms with E-state index in [0.29, 0.717) is 0 Å². The predicted molar refractivity (Wildman–Crippen MR) is 87.0 cm³/mol. The zero-order valence-electron chi connectivity index (χ0n) is 12.8. The number of hydrogen-bond donors (Lipinski definition) is 0. The molecule has 0 saturated carbocycles. The van der Waals surface area contributed by atoms with Crippen molar-refractivity contribution < 1.29 is 4.48 Å². The van der Waals surface area contributed by atoms with Crippen LogP contribution in [0.4, 0.5) is 5.69 Å². The summed E-state index contributed by atoms with van der Waals surface area (Å²) >= 11 is 0. The smallest absolute Gasteiger partial charge is 0.117 e. The molecule has 1 aliphatic heterocycles. The normalized spacial score (nSPS) is 16.6. The fourth-order valence-corrected chi connectivity index (χ4v) is 2.60. The van der Waals surface area contributed by atoms with Gasteiger partial charge in [-0.05, 0) is 25.0 Å². The van der Waals surface area contributed by atoms with Crippen LogP contribution in [0.2, 0.25) is 0 Å². The Bertz CT molecular complexity index is 424. The summed E-state index contributed by atoms with van der Waals surface area (Å²) < 4.78 is 1.00. The highest BCUT2D eigenvalue weighted by atomic mass is 15.4. The van der Waals surface area contributed by atoms with Crippen molar-refractivity contribution in [3.63, 3.8) is 0 Å². The Morgan fingerprint density at radius 3 is 1.90 bits per heavy atom. The molecule has 20 heavy (non-hydrogen) atoms. The van der Waals surface area contributed by atoms with Crippen LogP contribution in [0, 0.1) is 0 Å². The molecule has 0 aliphatic carbocycles. The molecule has 0 aromatic heterocycles. The Kier molecular flexibility index (Phi) is 5.42. The minimum absolute atomic E-state index is 1.00. The van der Waals surface area contributed by atoms with Gasteiger partial charge in [-0.25, -0.2) is 0 Å². The summed E-state index contributed by atoms with van der Waals surface area (Å²) in [5.74, 6) is 0. The van der Waals surface area contributed by atoms with Gasteiger partial charge in [-0.2, -0.15) is 0 Å². The van der Waals surface area contributed by atoms with Gasteiger partial charge in [0, 0.05) is 5.69 Å². The number of hydrogen-bond acceptors (Lipinski definition) is 1. The Balaban J connectivity index is 2.08. The van der Waals surface area contributed by atoms with E-state index in [1.807, 2.05) is 0 Å². The average molecular weight is 271 g/mol. The van der Waals surface area contributed by atoms with E-state index in [1.165, 1.54) is 44.5 Å². The lowest BCUT2D eigenvalue weighted by Crippen LogP contribution is -2.41. The van der Waals surface area contributed by atoms with Gasteiger partial charge in [0.2, 0.25) is 0 Å². The summed E-state index contributed by atoms with van der Waals surface area (Å²) in [5, 5.41) is 0. The second-order valence-electron chi connectivity index (χ2n) is 5.60. The first-order chi connectivity index (χ1) is 9.79. The quantitative estimate of drug-likeness (QED) is 0.640. The van der Waals surface area contributed by atoms with Gasteiger partial charge in [-0.15, -0.1) is 0 Å². The molecule has 2 heteroatoms. The molecule has 0 unspecified atom stereocenters. The van der Waals surface area contributed by atoms with Crippen LogP contribution in [0.1, 0.15) is 39.5 Å². The molecular formula is C18H27N2+. The van der Waals surface area contributed by atoms with E-state index >= 15 is 0 Å². The first kappa shape index (κ1) is 14.9. The van der Waals surface area contributed by atoms with E-state index < -0.39 is 0 Å². The molecule has 108 valence electrons. The second kappa shape index (κ2) is 7.30. The molecule has 1 aromatic carbocycles. The van der Waals surface area contributed by atoms with Crippen LogP contribution in [0.15, 0.2) is 55.1 Å². The molecule has 0 saturated heterocycles. The van der Waals surface area contributed by atoms with Gasteiger partial charge < -0.3 is 4.90 Å². The van der Waals surface area contributed by atoms with Crippen LogP contribution < -0.4 is 4.90 Å². The number of quaternary nitrogens is 1. The van der Waals surface area contributed by atoms with Crippen LogP contribution in [0.25, 0.3) is 0 Å². The van der Waals surface area contributed by atoms with Crippen molar-refractivity contribution in [3.8, 4) is 0 Å². The van der Waals surface area contributed by atoms with E-state index in [-0.39, 0.29) is 0 Å². The van der Waals surface area contributed by atoms with Crippen molar-refractivity contribution in [1.29, 1.82) is 0 Å². The van der Waals surface area contributed by atoms with Crippen LogP contribution in [0.5, 0.6) is 0 Å². The summed E-state index contributed by atoms with van der Waals surface area (Å²) in [5.41, 5.74) is 1.23. The second-order valence-corrected chi connectivity index (χ2v) is 5.60. The summed E-state index contributed by atoms with van der Waals surface area (Å²) in [4.78, 5) is 2.20. The van der Waals surface area contributed by atoms with Crippen molar-refractivity contribution in [1.82, 2.24) is 0 Å². The van der Waals surface area contributed by atoms with E-state index in [9.17, 15) is 0 Å². The topological polar surface area (TPSA) is 3.24 Å². The van der Waals surface area contributed by atoms with Crippen molar-refractivity contribution in [2.75, 3.05) is 18.0 Å². The lowest BCUT2D eigenvalue weighted by atomic mass is 10.2. The Labute approximate surface area is 123 Å². The lowest BCUT2D eigenvalue weighted by Gasteiger charge is -2.34. The standard InChI is InChI=1S/C18H27N2/c1-3-5-14-20(15-6-4-2)16-12-19(13-17-20)18-10-8-7-9-11-18/h7-13,16-17H,3-6,14-15H2,1-2H3/q+1. The molecule has 0 bridgehead atoms. The van der Waals surface area contributed by atoms with Gasteiger partial charge in [0.05, 0.1) is 25.5 Å². The van der Waals surface area contributed by atoms with Crippen LogP contribution >= 0.6 is 0 Å². The highest BCUT2D eigenvalue weighted by Crippen LogP contribution is 2.23. The number of anilines is 1. The van der Waals surface area contributed by atoms with E-state index in [0.717, 1.165) is 4.48 Å². The first-order valence-corrected chi connectivity index (χ1v) is 7.88. The maximum Gasteiger partial charge on any atom is 0.117 e. The van der Waals surface area contributed by atoms with Crippen LogP contribution in [-0.4, -0.2) is 17.6 Å². The Morgan fingerprint density at radius 1 is 0.850 bits per heavy atom. The molecule has 1 aliphatic rings. The molecule has 0 fully saturated rings. The third-order valence-corrected chi connectivity index (χ3v) is 3.96. The lowest BCUT2D eigenvalue weighted by molar-refractivity contribution is -0.829. The summed E-state index contributed by atoms with van der Waals surface area (Å²) in [6.07, 6.45) is 14.2. The molecule has 0 N–H and O–H groups in total. The molecule has 2 nitrogen and oxygen atoms in total. The first-order valence-electron chi connectivity index (χ1n) is 7.88. The maximum atomic E-state index is 2.36. The minimum atomic E-state index is 1.00. The molecule has 1 heterocycles. The van der Waals surface area contributed by atoms with Crippen molar-refractivity contribution in [2.45, 2.75) is 39.5 Å². The minimum Gasteiger partial charge on any atom is -0.313 e. The highest BCUT2D eigenvalue weighted by molar-refractivity contribution is 5.51. The van der Waals surface area contributed by atoms with Gasteiger partial charge in [0.15, 0.2) is 0 Å². The van der Waals surface area contributed by atoms with Gasteiger partial charge in [-0.1, -0.05) is 44.9 Å². The molecule has 2 rings (SSSR count). The van der Waals surface area contributed by atoms with E-state index in [2.05, 4.69) is 73.9 Å². The summed E-state index contributed by atoms with van der Waals surface area (Å²) in [6, 6.07) is 10.5. The third-order valence-electron chi connectivity index (χ3n) is 3.96. The Morgan fingerprint density at radius 2 is 1.40 bits per heavy atom. The molecular weight excluding hydrogens is 244 g/mol. The van der Waals surface area contributed by atoms with Crippen molar-refractivity contribution in [2.24, 2.45) is 0 Å². The van der Waals surface area contributed by atoms with Gasteiger partial charge in [-0.3, -0.25) is 4.48 Å². The van der Waals surface area contributed by atoms with Gasteiger partial charge >= 0.3 is 0 Å². The average Bonchev–Trinajstić information content (AvgIpc) is 2.53. The molecule has 0 spiro atoms. The number of unbranched alkanes of at least 4 members (excludes halogenated alkanes) is 2. The highest BCUT2D eigenvalue weighted by Gasteiger charge is 2.24. The predicted octanol–water partition coefficient (Wildman–Crippen LogP) is 4.87. The van der Waals surface area contributed by atoms with E-state index in [1.54, 1.807) is 0 Å². The van der Waals surface area contributed by atoms with Gasteiger partial charge in [0.25, 0.3) is 0 Å². The summed E-state index contributed by atoms with van der Waals surface area (Å²) in [6.45, 7) is 6.96. The fraction of sp³-hybridized carbons (Fsp3) is 0.444. The zero-order chi connectivity index (χ0) is 14.3. The van der Waals surface area contributed by atoms with Crippen LogP contribution in [-0.2, 0) is 0 Å². The number of rotatable bonds is 7. The van der Waals surface area contributed by atoms with Gasteiger partial charge in [0.1, 0.15) is 12.4 Å². The number of benzene rings is 1. The molecule has 0 amide bonds. The fourth-order valence-electron chi connectivity index (χ4n) is 2.60. The number of para-hydroxylation sites is 1. The summed E-state index contributed by atoms with van der Waals surface area (Å²) in [7, 11) is 0. The molecule has 0 atom stereocenters. The SMILES string of the molecule is CCCC[N+]1(CCCC)C=CN(c2ccccc2)C=C1. The largest absolute Gasteiger partial charge is 0.313 e. The monoisotopic (exact) mass is 271 g/mol. The van der Waals surface area contributed by atoms with Crippen molar-refractivity contribution in [3.05, 3.63) is 55.1 Å².